The van der Waals surface area contributed by atoms with Gasteiger partial charge in [-0.05, 0) is 44.2 Å². The van der Waals surface area contributed by atoms with Gasteiger partial charge in [-0.2, -0.15) is 0 Å². The molecule has 0 saturated carbocycles. The van der Waals surface area contributed by atoms with Gasteiger partial charge in [0.05, 0.1) is 18.0 Å². The molecular formula is C17H24N4O2S. The number of aliphatic hydroxyl groups is 2. The van der Waals surface area contributed by atoms with E-state index >= 15 is 0 Å². The average Bonchev–Trinajstić information content (AvgIpc) is 2.93. The van der Waals surface area contributed by atoms with Crippen LogP contribution in [-0.2, 0) is 19.4 Å². The Kier molecular flexibility index (Phi) is 4.42. The molecule has 1 aliphatic heterocycles. The summed E-state index contributed by atoms with van der Waals surface area (Å²) in [7, 11) is 0. The van der Waals surface area contributed by atoms with E-state index in [4.69, 9.17) is 10.7 Å². The van der Waals surface area contributed by atoms with Gasteiger partial charge < -0.3 is 15.9 Å². The molecule has 130 valence electrons. The molecule has 0 radical (unpaired) electrons. The summed E-state index contributed by atoms with van der Waals surface area (Å²) in [5, 5.41) is 20.4. The van der Waals surface area contributed by atoms with Crippen molar-refractivity contribution >= 4 is 27.4 Å². The second-order valence-electron chi connectivity index (χ2n) is 6.95. The fraction of sp³-hybridized carbons (Fsp3) is 0.647. The number of piperidine rings is 1. The highest BCUT2D eigenvalue weighted by Crippen LogP contribution is 2.37. The Morgan fingerprint density at radius 1 is 1.25 bits per heavy atom. The van der Waals surface area contributed by atoms with Crippen LogP contribution in [0.25, 0.3) is 10.2 Å². The lowest BCUT2D eigenvalue weighted by atomic mass is 9.95. The standard InChI is InChI=1S/C17H24N4O2S/c18-16-15-11-3-1-2-4-13(11)24-17(15)20-14(19-16)8-21-6-5-10(9-22)12(23)7-21/h10,12,22-23H,1-9H2,(H2,18,19,20). The molecule has 6 nitrogen and oxygen atoms in total. The summed E-state index contributed by atoms with van der Waals surface area (Å²) in [5.74, 6) is 1.31. The second-order valence-corrected chi connectivity index (χ2v) is 8.03. The zero-order valence-electron chi connectivity index (χ0n) is 13.7. The van der Waals surface area contributed by atoms with Crippen molar-refractivity contribution in [1.29, 1.82) is 0 Å². The van der Waals surface area contributed by atoms with E-state index in [2.05, 4.69) is 9.88 Å². The van der Waals surface area contributed by atoms with Crippen LogP contribution < -0.4 is 5.73 Å². The zero-order chi connectivity index (χ0) is 16.7. The van der Waals surface area contributed by atoms with E-state index in [-0.39, 0.29) is 12.5 Å². The fourth-order valence-corrected chi connectivity index (χ4v) is 5.19. The maximum absolute atomic E-state index is 10.1. The summed E-state index contributed by atoms with van der Waals surface area (Å²) >= 11 is 1.76. The molecule has 2 aromatic rings. The Balaban J connectivity index is 1.57. The van der Waals surface area contributed by atoms with Crippen molar-refractivity contribution in [3.8, 4) is 0 Å². The van der Waals surface area contributed by atoms with Crippen molar-refractivity contribution in [2.45, 2.75) is 44.8 Å². The third kappa shape index (κ3) is 2.90. The van der Waals surface area contributed by atoms with Crippen LogP contribution in [0.1, 0.15) is 35.5 Å². The van der Waals surface area contributed by atoms with Crippen molar-refractivity contribution in [2.24, 2.45) is 5.92 Å². The maximum atomic E-state index is 10.1. The van der Waals surface area contributed by atoms with E-state index in [1.807, 2.05) is 0 Å². The van der Waals surface area contributed by atoms with Crippen LogP contribution in [0.15, 0.2) is 0 Å². The molecule has 7 heteroatoms. The first kappa shape index (κ1) is 16.2. The lowest BCUT2D eigenvalue weighted by Crippen LogP contribution is -2.44. The van der Waals surface area contributed by atoms with Crippen LogP contribution in [-0.4, -0.2) is 50.9 Å². The third-order valence-electron chi connectivity index (χ3n) is 5.29. The molecule has 0 amide bonds. The smallest absolute Gasteiger partial charge is 0.146 e. The van der Waals surface area contributed by atoms with Gasteiger partial charge in [0.2, 0.25) is 0 Å². The number of β-amino-alcohol motifs (C(OH)–C–C–N with tert-alkyl or cyclic N) is 1. The van der Waals surface area contributed by atoms with Gasteiger partial charge in [-0.1, -0.05) is 0 Å². The summed E-state index contributed by atoms with van der Waals surface area (Å²) in [6.45, 7) is 2.03. The Hall–Kier alpha value is -1.28. The summed E-state index contributed by atoms with van der Waals surface area (Å²) in [5.41, 5.74) is 7.62. The molecule has 0 spiro atoms. The lowest BCUT2D eigenvalue weighted by Gasteiger charge is -2.34. The van der Waals surface area contributed by atoms with E-state index in [1.165, 1.54) is 23.3 Å². The molecule has 2 aromatic heterocycles. The highest BCUT2D eigenvalue weighted by Gasteiger charge is 2.28. The molecule has 3 heterocycles. The van der Waals surface area contributed by atoms with Gasteiger partial charge in [-0.25, -0.2) is 9.97 Å². The van der Waals surface area contributed by atoms with Gasteiger partial charge >= 0.3 is 0 Å². The molecule has 0 aromatic carbocycles. The number of fused-ring (bicyclic) bond motifs is 3. The molecule has 2 unspecified atom stereocenters. The second kappa shape index (κ2) is 6.55. The average molecular weight is 348 g/mol. The highest BCUT2D eigenvalue weighted by atomic mass is 32.1. The maximum Gasteiger partial charge on any atom is 0.146 e. The fourth-order valence-electron chi connectivity index (χ4n) is 3.90. The number of hydrogen-bond donors (Lipinski definition) is 3. The van der Waals surface area contributed by atoms with Crippen molar-refractivity contribution in [2.75, 3.05) is 25.4 Å². The topological polar surface area (TPSA) is 95.5 Å². The van der Waals surface area contributed by atoms with Crippen LogP contribution >= 0.6 is 11.3 Å². The third-order valence-corrected chi connectivity index (χ3v) is 6.48. The van der Waals surface area contributed by atoms with Crippen LogP contribution in [0, 0.1) is 5.92 Å². The van der Waals surface area contributed by atoms with Crippen LogP contribution in [0.2, 0.25) is 0 Å². The number of anilines is 1. The highest BCUT2D eigenvalue weighted by molar-refractivity contribution is 7.19. The number of nitrogens with two attached hydrogens (primary N) is 1. The quantitative estimate of drug-likeness (QED) is 0.774. The Labute approximate surface area is 145 Å². The SMILES string of the molecule is Nc1nc(CN2CCC(CO)C(O)C2)nc2sc3c(c12)CCCC3. The van der Waals surface area contributed by atoms with Crippen LogP contribution in [0.5, 0.6) is 0 Å². The molecule has 24 heavy (non-hydrogen) atoms. The minimum absolute atomic E-state index is 0.0151. The normalized spacial score (nSPS) is 25.1. The van der Waals surface area contributed by atoms with E-state index in [1.54, 1.807) is 11.3 Å². The molecule has 4 rings (SSSR count). The largest absolute Gasteiger partial charge is 0.396 e. The minimum Gasteiger partial charge on any atom is -0.396 e. The zero-order valence-corrected chi connectivity index (χ0v) is 14.6. The molecular weight excluding hydrogens is 324 g/mol. The first-order valence-corrected chi connectivity index (χ1v) is 9.55. The van der Waals surface area contributed by atoms with E-state index in [0.29, 0.717) is 18.9 Å². The van der Waals surface area contributed by atoms with E-state index in [0.717, 1.165) is 41.8 Å². The van der Waals surface area contributed by atoms with Gasteiger partial charge in [0.25, 0.3) is 0 Å². The Morgan fingerprint density at radius 2 is 2.08 bits per heavy atom. The lowest BCUT2D eigenvalue weighted by molar-refractivity contribution is -0.00512. The van der Waals surface area contributed by atoms with Gasteiger partial charge in [0.15, 0.2) is 0 Å². The minimum atomic E-state index is -0.487. The molecule has 1 aliphatic carbocycles. The van der Waals surface area contributed by atoms with Gasteiger partial charge in [0, 0.05) is 23.9 Å². The Bertz CT molecular complexity index is 748. The van der Waals surface area contributed by atoms with Crippen molar-refractivity contribution in [1.82, 2.24) is 14.9 Å². The van der Waals surface area contributed by atoms with Crippen LogP contribution in [0.4, 0.5) is 5.82 Å². The first-order valence-electron chi connectivity index (χ1n) is 8.73. The van der Waals surface area contributed by atoms with E-state index < -0.39 is 6.10 Å². The first-order chi connectivity index (χ1) is 11.7. The Morgan fingerprint density at radius 3 is 2.88 bits per heavy atom. The van der Waals surface area contributed by atoms with Crippen LogP contribution in [0.3, 0.4) is 0 Å². The molecule has 1 saturated heterocycles. The number of aliphatic hydroxyl groups excluding tert-OH is 2. The monoisotopic (exact) mass is 348 g/mol. The van der Waals surface area contributed by atoms with E-state index in [9.17, 15) is 10.2 Å². The van der Waals surface area contributed by atoms with Crippen molar-refractivity contribution in [3.05, 3.63) is 16.3 Å². The summed E-state index contributed by atoms with van der Waals surface area (Å²) in [6, 6.07) is 0. The predicted octanol–water partition coefficient (Wildman–Crippen LogP) is 1.33. The number of thiophene rings is 1. The van der Waals surface area contributed by atoms with Gasteiger partial charge in [-0.15, -0.1) is 11.3 Å². The van der Waals surface area contributed by atoms with Gasteiger partial charge in [-0.3, -0.25) is 4.90 Å². The van der Waals surface area contributed by atoms with Gasteiger partial charge in [0.1, 0.15) is 16.5 Å². The summed E-state index contributed by atoms with van der Waals surface area (Å²) in [6.07, 6.45) is 4.99. The molecule has 2 atom stereocenters. The predicted molar refractivity (Wildman–Crippen MR) is 94.9 cm³/mol. The number of hydrogen-bond acceptors (Lipinski definition) is 7. The van der Waals surface area contributed by atoms with Crippen molar-refractivity contribution < 1.29 is 10.2 Å². The van der Waals surface area contributed by atoms with Crippen molar-refractivity contribution in [3.63, 3.8) is 0 Å². The number of nitrogen functional groups attached to an aromatic ring is 1. The summed E-state index contributed by atoms with van der Waals surface area (Å²) in [4.78, 5) is 13.9. The number of aromatic nitrogens is 2. The number of rotatable bonds is 3. The number of nitrogens with zero attached hydrogens (tertiary/aromatic N) is 3. The number of likely N-dealkylation sites (tertiary alicyclic amines) is 1. The number of aryl methyl sites for hydroxylation is 2. The molecule has 2 aliphatic rings. The molecule has 0 bridgehead atoms. The molecule has 1 fully saturated rings. The summed E-state index contributed by atoms with van der Waals surface area (Å²) < 4.78 is 0. The molecule has 4 N–H and O–H groups in total.